The Kier molecular flexibility index (Phi) is 4.01. The molecule has 3 rings (SSSR count). The number of hydrogen-bond acceptors (Lipinski definition) is 4. The van der Waals surface area contributed by atoms with Gasteiger partial charge in [0.05, 0.1) is 12.1 Å². The van der Waals surface area contributed by atoms with Crippen LogP contribution in [-0.2, 0) is 11.3 Å². The molecule has 1 aliphatic heterocycles. The summed E-state index contributed by atoms with van der Waals surface area (Å²) in [4.78, 5) is 18.4. The van der Waals surface area contributed by atoms with Gasteiger partial charge in [-0.1, -0.05) is 18.2 Å². The SMILES string of the molecule is CCNc1nc2ccccc2cc1CN1CCNC(=O)C1. The number of aromatic nitrogens is 1. The maximum Gasteiger partial charge on any atom is 0.234 e. The van der Waals surface area contributed by atoms with Crippen LogP contribution in [0.5, 0.6) is 0 Å². The zero-order valence-corrected chi connectivity index (χ0v) is 12.2. The quantitative estimate of drug-likeness (QED) is 0.895. The first-order valence-electron chi connectivity index (χ1n) is 7.38. The van der Waals surface area contributed by atoms with Gasteiger partial charge in [-0.25, -0.2) is 4.98 Å². The third kappa shape index (κ3) is 3.13. The molecule has 0 aliphatic carbocycles. The van der Waals surface area contributed by atoms with Crippen molar-refractivity contribution in [3.63, 3.8) is 0 Å². The Bertz CT molecular complexity index is 656. The normalized spacial score (nSPS) is 16.0. The average molecular weight is 284 g/mol. The second-order valence-electron chi connectivity index (χ2n) is 5.28. The predicted octanol–water partition coefficient (Wildman–Crippen LogP) is 1.60. The molecule has 1 aromatic heterocycles. The van der Waals surface area contributed by atoms with Gasteiger partial charge in [-0.05, 0) is 19.1 Å². The van der Waals surface area contributed by atoms with E-state index in [9.17, 15) is 4.79 Å². The van der Waals surface area contributed by atoms with E-state index in [1.165, 1.54) is 0 Å². The first-order chi connectivity index (χ1) is 10.3. The summed E-state index contributed by atoms with van der Waals surface area (Å²) in [6.45, 7) is 5.69. The minimum atomic E-state index is 0.0972. The zero-order valence-electron chi connectivity index (χ0n) is 12.2. The van der Waals surface area contributed by atoms with Gasteiger partial charge < -0.3 is 10.6 Å². The molecule has 2 heterocycles. The smallest absolute Gasteiger partial charge is 0.234 e. The van der Waals surface area contributed by atoms with Crippen LogP contribution in [0, 0.1) is 0 Å². The summed E-state index contributed by atoms with van der Waals surface area (Å²) >= 11 is 0. The van der Waals surface area contributed by atoms with Gasteiger partial charge in [-0.2, -0.15) is 0 Å². The van der Waals surface area contributed by atoms with Gasteiger partial charge in [0, 0.05) is 37.1 Å². The maximum absolute atomic E-state index is 11.5. The highest BCUT2D eigenvalue weighted by Gasteiger charge is 2.18. The van der Waals surface area contributed by atoms with Crippen molar-refractivity contribution in [1.82, 2.24) is 15.2 Å². The van der Waals surface area contributed by atoms with E-state index in [1.54, 1.807) is 0 Å². The number of piperazine rings is 1. The summed E-state index contributed by atoms with van der Waals surface area (Å²) in [7, 11) is 0. The number of hydrogen-bond donors (Lipinski definition) is 2. The van der Waals surface area contributed by atoms with E-state index in [-0.39, 0.29) is 5.91 Å². The first kappa shape index (κ1) is 13.8. The molecule has 1 aromatic carbocycles. The van der Waals surface area contributed by atoms with Gasteiger partial charge in [0.15, 0.2) is 0 Å². The first-order valence-corrected chi connectivity index (χ1v) is 7.38. The lowest BCUT2D eigenvalue weighted by Crippen LogP contribution is -2.47. The number of para-hydroxylation sites is 1. The van der Waals surface area contributed by atoms with E-state index in [0.29, 0.717) is 6.54 Å². The number of benzene rings is 1. The van der Waals surface area contributed by atoms with E-state index < -0.39 is 0 Å². The van der Waals surface area contributed by atoms with E-state index in [2.05, 4.69) is 34.6 Å². The lowest BCUT2D eigenvalue weighted by molar-refractivity contribution is -0.124. The molecule has 1 fully saturated rings. The Balaban J connectivity index is 1.91. The van der Waals surface area contributed by atoms with Crippen LogP contribution >= 0.6 is 0 Å². The Labute approximate surface area is 124 Å². The fourth-order valence-corrected chi connectivity index (χ4v) is 2.67. The third-order valence-corrected chi connectivity index (χ3v) is 3.66. The number of rotatable bonds is 4. The van der Waals surface area contributed by atoms with E-state index in [0.717, 1.165) is 48.5 Å². The maximum atomic E-state index is 11.5. The van der Waals surface area contributed by atoms with Crippen molar-refractivity contribution in [2.24, 2.45) is 0 Å². The van der Waals surface area contributed by atoms with Crippen LogP contribution in [0.3, 0.4) is 0 Å². The van der Waals surface area contributed by atoms with Gasteiger partial charge in [0.2, 0.25) is 5.91 Å². The standard InChI is InChI=1S/C16H20N4O/c1-2-17-16-13(10-20-8-7-18-15(21)11-20)9-12-5-3-4-6-14(12)19-16/h3-6,9H,2,7-8,10-11H2,1H3,(H,17,19)(H,18,21). The van der Waals surface area contributed by atoms with Crippen LogP contribution < -0.4 is 10.6 Å². The fourth-order valence-electron chi connectivity index (χ4n) is 2.67. The topological polar surface area (TPSA) is 57.3 Å². The minimum Gasteiger partial charge on any atom is -0.370 e. The zero-order chi connectivity index (χ0) is 14.7. The van der Waals surface area contributed by atoms with Crippen molar-refractivity contribution in [3.05, 3.63) is 35.9 Å². The van der Waals surface area contributed by atoms with Gasteiger partial charge in [-0.15, -0.1) is 0 Å². The van der Waals surface area contributed by atoms with Crippen LogP contribution in [0.2, 0.25) is 0 Å². The number of carbonyl (C=O) groups excluding carboxylic acids is 1. The van der Waals surface area contributed by atoms with Crippen LogP contribution in [0.4, 0.5) is 5.82 Å². The molecule has 5 heteroatoms. The van der Waals surface area contributed by atoms with Crippen LogP contribution in [0.1, 0.15) is 12.5 Å². The summed E-state index contributed by atoms with van der Waals surface area (Å²) in [5.41, 5.74) is 2.14. The van der Waals surface area contributed by atoms with Gasteiger partial charge in [0.1, 0.15) is 5.82 Å². The Morgan fingerprint density at radius 3 is 3.05 bits per heavy atom. The molecular formula is C16H20N4O. The molecule has 1 saturated heterocycles. The molecule has 2 aromatic rings. The summed E-state index contributed by atoms with van der Waals surface area (Å²) < 4.78 is 0. The summed E-state index contributed by atoms with van der Waals surface area (Å²) in [6.07, 6.45) is 0. The van der Waals surface area contributed by atoms with Gasteiger partial charge in [0.25, 0.3) is 0 Å². The summed E-state index contributed by atoms with van der Waals surface area (Å²) in [5, 5.41) is 7.32. The molecule has 1 aliphatic rings. The van der Waals surface area contributed by atoms with Crippen LogP contribution in [0.15, 0.2) is 30.3 Å². The van der Waals surface area contributed by atoms with Crippen molar-refractivity contribution in [2.45, 2.75) is 13.5 Å². The second-order valence-corrected chi connectivity index (χ2v) is 5.28. The lowest BCUT2D eigenvalue weighted by Gasteiger charge is -2.27. The van der Waals surface area contributed by atoms with Crippen molar-refractivity contribution < 1.29 is 4.79 Å². The molecule has 0 bridgehead atoms. The highest BCUT2D eigenvalue weighted by Crippen LogP contribution is 2.22. The van der Waals surface area contributed by atoms with Gasteiger partial charge in [-0.3, -0.25) is 9.69 Å². The number of amides is 1. The minimum absolute atomic E-state index is 0.0972. The largest absolute Gasteiger partial charge is 0.370 e. The molecule has 21 heavy (non-hydrogen) atoms. The molecule has 0 atom stereocenters. The second kappa shape index (κ2) is 6.10. The van der Waals surface area contributed by atoms with Crippen molar-refractivity contribution in [1.29, 1.82) is 0 Å². The molecule has 1 amide bonds. The number of nitrogens with zero attached hydrogens (tertiary/aromatic N) is 2. The highest BCUT2D eigenvalue weighted by atomic mass is 16.2. The molecule has 0 unspecified atom stereocenters. The van der Waals surface area contributed by atoms with Crippen LogP contribution in [0.25, 0.3) is 10.9 Å². The Morgan fingerprint density at radius 2 is 2.24 bits per heavy atom. The van der Waals surface area contributed by atoms with E-state index in [1.807, 2.05) is 18.2 Å². The number of anilines is 1. The average Bonchev–Trinajstić information content (AvgIpc) is 2.48. The number of fused-ring (bicyclic) bond motifs is 1. The van der Waals surface area contributed by atoms with E-state index >= 15 is 0 Å². The number of pyridine rings is 1. The van der Waals surface area contributed by atoms with Crippen molar-refractivity contribution in [3.8, 4) is 0 Å². The molecule has 0 saturated carbocycles. The fraction of sp³-hybridized carbons (Fsp3) is 0.375. The molecule has 2 N–H and O–H groups in total. The Hall–Kier alpha value is -2.14. The van der Waals surface area contributed by atoms with E-state index in [4.69, 9.17) is 4.98 Å². The van der Waals surface area contributed by atoms with Crippen molar-refractivity contribution >= 4 is 22.6 Å². The predicted molar refractivity (Wildman–Crippen MR) is 84.2 cm³/mol. The highest BCUT2D eigenvalue weighted by molar-refractivity contribution is 5.82. The molecule has 0 radical (unpaired) electrons. The molecule has 5 nitrogen and oxygen atoms in total. The monoisotopic (exact) mass is 284 g/mol. The number of carbonyl (C=O) groups is 1. The number of nitrogens with one attached hydrogen (secondary N) is 2. The lowest BCUT2D eigenvalue weighted by atomic mass is 10.1. The van der Waals surface area contributed by atoms with Crippen LogP contribution in [-0.4, -0.2) is 42.0 Å². The third-order valence-electron chi connectivity index (χ3n) is 3.66. The molecule has 110 valence electrons. The summed E-state index contributed by atoms with van der Waals surface area (Å²) in [5.74, 6) is 1.02. The van der Waals surface area contributed by atoms with Crippen molar-refractivity contribution in [2.75, 3.05) is 31.5 Å². The molecular weight excluding hydrogens is 264 g/mol. The Morgan fingerprint density at radius 1 is 1.38 bits per heavy atom. The summed E-state index contributed by atoms with van der Waals surface area (Å²) in [6, 6.07) is 10.3. The molecule has 0 spiro atoms. The van der Waals surface area contributed by atoms with Gasteiger partial charge >= 0.3 is 0 Å².